The van der Waals surface area contributed by atoms with E-state index in [-0.39, 0.29) is 0 Å². The van der Waals surface area contributed by atoms with Crippen LogP contribution in [0.5, 0.6) is 0 Å². The Morgan fingerprint density at radius 2 is 1.83 bits per heavy atom. The van der Waals surface area contributed by atoms with Gasteiger partial charge in [0.2, 0.25) is 0 Å². The van der Waals surface area contributed by atoms with Crippen LogP contribution in [0.15, 0.2) is 24.3 Å². The summed E-state index contributed by atoms with van der Waals surface area (Å²) in [5.74, 6) is -1.08. The molecule has 0 saturated heterocycles. The molecule has 60 valence electrons. The first-order valence-corrected chi connectivity index (χ1v) is 6.34. The van der Waals surface area contributed by atoms with Crippen LogP contribution in [0.2, 0.25) is 0 Å². The molecule has 0 amide bonds. The van der Waals surface area contributed by atoms with E-state index in [1.165, 1.54) is 5.56 Å². The van der Waals surface area contributed by atoms with Crippen molar-refractivity contribution in [3.05, 3.63) is 29.8 Å². The zero-order chi connectivity index (χ0) is 9.56. The van der Waals surface area contributed by atoms with E-state index in [2.05, 4.69) is 31.2 Å². The van der Waals surface area contributed by atoms with E-state index >= 15 is 0 Å². The summed E-state index contributed by atoms with van der Waals surface area (Å²) >= 11 is 0.798. The number of aryl methyl sites for hydroxylation is 1. The first-order valence-electron chi connectivity index (χ1n) is 3.59. The van der Waals surface area contributed by atoms with Crippen molar-refractivity contribution in [3.63, 3.8) is 0 Å². The Bertz CT molecular complexity index is 233. The molecule has 3 heteroatoms. The number of carbonyl (C=O) groups is 1. The van der Waals surface area contributed by atoms with Crippen LogP contribution in [0.1, 0.15) is 12.5 Å². The van der Waals surface area contributed by atoms with Gasteiger partial charge in [0.1, 0.15) is 0 Å². The van der Waals surface area contributed by atoms with Crippen molar-refractivity contribution in [1.82, 2.24) is 0 Å². The van der Waals surface area contributed by atoms with Crippen LogP contribution >= 0.6 is 0 Å². The van der Waals surface area contributed by atoms with E-state index in [0.29, 0.717) is 0 Å². The Labute approximate surface area is 88.6 Å². The number of hydrogen-bond donors (Lipinski definition) is 0. The molecule has 0 radical (unpaired) electrons. The molecular weight excluding hydrogens is 341 g/mol. The molecule has 2 nitrogen and oxygen atoms in total. The van der Waals surface area contributed by atoms with Crippen molar-refractivity contribution in [2.45, 2.75) is 13.8 Å². The Balaban J connectivity index is 0.000000261. The summed E-state index contributed by atoms with van der Waals surface area (Å²) in [7, 11) is 0. The number of hydrogen-bond acceptors (Lipinski definition) is 2. The topological polar surface area (TPSA) is 40.1 Å². The molecule has 1 rings (SSSR count). The fourth-order valence-corrected chi connectivity index (χ4v) is 1.60. The number of carboxylic acids is 1. The normalized spacial score (nSPS) is 8.33. The number of aliphatic carboxylic acids is 1. The maximum absolute atomic E-state index is 8.89. The van der Waals surface area contributed by atoms with Gasteiger partial charge in [0.15, 0.2) is 0 Å². The van der Waals surface area contributed by atoms with Gasteiger partial charge in [-0.25, -0.2) is 0 Å². The SMILES string of the molecule is CC(=O)[O-].Cc1cccc[c]1[Hg+]. The second kappa shape index (κ2) is 6.18. The Kier molecular flexibility index (Phi) is 5.98. The summed E-state index contributed by atoms with van der Waals surface area (Å²) in [5.41, 5.74) is 1.45. The predicted octanol–water partition coefficient (Wildman–Crippen LogP) is -0.0767. The van der Waals surface area contributed by atoms with E-state index in [0.717, 1.165) is 33.0 Å². The molecule has 0 unspecified atom stereocenters. The van der Waals surface area contributed by atoms with Crippen molar-refractivity contribution in [1.29, 1.82) is 0 Å². The third kappa shape index (κ3) is 6.34. The van der Waals surface area contributed by atoms with Crippen molar-refractivity contribution in [2.75, 3.05) is 0 Å². The summed E-state index contributed by atoms with van der Waals surface area (Å²) in [6, 6.07) is 8.57. The second-order valence-electron chi connectivity index (χ2n) is 2.42. The van der Waals surface area contributed by atoms with Gasteiger partial charge in [-0.05, 0) is 6.92 Å². The Morgan fingerprint density at radius 1 is 1.42 bits per heavy atom. The molecule has 0 N–H and O–H groups in total. The van der Waals surface area contributed by atoms with Crippen molar-refractivity contribution in [3.8, 4) is 0 Å². The zero-order valence-electron chi connectivity index (χ0n) is 7.33. The monoisotopic (exact) mass is 352 g/mol. The summed E-state index contributed by atoms with van der Waals surface area (Å²) in [6.07, 6.45) is 0. The molecule has 0 saturated carbocycles. The standard InChI is InChI=1S/C7H7.C2H4O2.Hg/c1-7-5-3-2-4-6-7;1-2(3)4;/h2-5H,1H3;1H3,(H,3,4);/q;;+1/p-1. The van der Waals surface area contributed by atoms with Crippen LogP contribution in [0.4, 0.5) is 0 Å². The maximum atomic E-state index is 8.89. The zero-order valence-corrected chi connectivity index (χ0v) is 12.8. The molecule has 12 heavy (non-hydrogen) atoms. The van der Waals surface area contributed by atoms with Gasteiger partial charge in [0.25, 0.3) is 0 Å². The molecule has 0 spiro atoms. The summed E-state index contributed by atoms with van der Waals surface area (Å²) < 4.78 is 1.56. The number of carbonyl (C=O) groups excluding carboxylic acids is 1. The summed E-state index contributed by atoms with van der Waals surface area (Å²) in [5, 5.41) is 8.89. The first-order chi connectivity index (χ1) is 5.54. The molecule has 0 atom stereocenters. The second-order valence-corrected chi connectivity index (χ2v) is 5.38. The summed E-state index contributed by atoms with van der Waals surface area (Å²) in [4.78, 5) is 8.89. The van der Waals surface area contributed by atoms with Crippen LogP contribution in [-0.2, 0) is 30.9 Å². The summed E-state index contributed by atoms with van der Waals surface area (Å²) in [6.45, 7) is 3.14. The average Bonchev–Trinajstić information content (AvgIpc) is 1.94. The van der Waals surface area contributed by atoms with Crippen LogP contribution in [0.3, 0.4) is 0 Å². The molecule has 0 aromatic heterocycles. The van der Waals surface area contributed by atoms with E-state index in [1.54, 1.807) is 3.07 Å². The van der Waals surface area contributed by atoms with Crippen molar-refractivity contribution < 1.29 is 36.0 Å². The van der Waals surface area contributed by atoms with E-state index in [1.807, 2.05) is 0 Å². The van der Waals surface area contributed by atoms with Crippen molar-refractivity contribution in [2.24, 2.45) is 0 Å². The third-order valence-corrected chi connectivity index (χ3v) is 4.35. The molecular formula is C9H10HgO2. The Hall–Kier alpha value is -0.375. The number of benzene rings is 1. The minimum atomic E-state index is -1.08. The van der Waals surface area contributed by atoms with Gasteiger partial charge < -0.3 is 9.90 Å². The van der Waals surface area contributed by atoms with Gasteiger partial charge in [0, 0.05) is 5.97 Å². The molecule has 0 fully saturated rings. The molecule has 1 aromatic carbocycles. The van der Waals surface area contributed by atoms with E-state index in [9.17, 15) is 0 Å². The fourth-order valence-electron chi connectivity index (χ4n) is 0.610. The number of rotatable bonds is 0. The van der Waals surface area contributed by atoms with Gasteiger partial charge in [-0.1, -0.05) is 0 Å². The predicted molar refractivity (Wildman–Crippen MR) is 41.5 cm³/mol. The average molecular weight is 351 g/mol. The van der Waals surface area contributed by atoms with E-state index < -0.39 is 5.97 Å². The molecule has 0 aliphatic carbocycles. The van der Waals surface area contributed by atoms with Gasteiger partial charge in [-0.2, -0.15) is 0 Å². The van der Waals surface area contributed by atoms with Crippen LogP contribution in [0.25, 0.3) is 0 Å². The molecule has 0 heterocycles. The number of carboxylic acid groups (broad SMARTS) is 1. The van der Waals surface area contributed by atoms with Gasteiger partial charge in [-0.3, -0.25) is 0 Å². The molecule has 0 bridgehead atoms. The third-order valence-electron chi connectivity index (χ3n) is 1.26. The quantitative estimate of drug-likeness (QED) is 0.614. The first kappa shape index (κ1) is 11.6. The fraction of sp³-hybridized carbons (Fsp3) is 0.222. The van der Waals surface area contributed by atoms with E-state index in [4.69, 9.17) is 9.90 Å². The molecule has 0 aliphatic rings. The van der Waals surface area contributed by atoms with Crippen LogP contribution in [0, 0.1) is 6.92 Å². The molecule has 1 aromatic rings. The van der Waals surface area contributed by atoms with Crippen LogP contribution < -0.4 is 8.18 Å². The van der Waals surface area contributed by atoms with Gasteiger partial charge >= 0.3 is 65.9 Å². The molecule has 0 aliphatic heterocycles. The van der Waals surface area contributed by atoms with Gasteiger partial charge in [-0.15, -0.1) is 0 Å². The van der Waals surface area contributed by atoms with Gasteiger partial charge in [0.05, 0.1) is 0 Å². The van der Waals surface area contributed by atoms with Crippen LogP contribution in [-0.4, -0.2) is 5.97 Å². The van der Waals surface area contributed by atoms with Crippen molar-refractivity contribution >= 4 is 9.04 Å². The Morgan fingerprint density at radius 3 is 2.08 bits per heavy atom. The minimum absolute atomic E-state index is 0.798.